The minimum absolute atomic E-state index is 0.0889. The van der Waals surface area contributed by atoms with Gasteiger partial charge in [-0.05, 0) is 30.4 Å². The number of carboxylic acid groups (broad SMARTS) is 1. The van der Waals surface area contributed by atoms with Crippen LogP contribution in [0.4, 0.5) is 0 Å². The maximum atomic E-state index is 12.4. The topological polar surface area (TPSA) is 57.6 Å². The summed E-state index contributed by atoms with van der Waals surface area (Å²) in [6.07, 6.45) is 2.85. The molecule has 0 saturated carbocycles. The van der Waals surface area contributed by atoms with Gasteiger partial charge < -0.3 is 5.11 Å². The fourth-order valence-electron chi connectivity index (χ4n) is 4.75. The van der Waals surface area contributed by atoms with Gasteiger partial charge in [0.15, 0.2) is 0 Å². The normalized spacial score (nSPS) is 26.6. The van der Waals surface area contributed by atoms with Gasteiger partial charge >= 0.3 is 5.97 Å². The minimum atomic E-state index is -0.975. The van der Waals surface area contributed by atoms with Crippen LogP contribution in [-0.2, 0) is 16.0 Å². The van der Waals surface area contributed by atoms with Crippen LogP contribution in [0.25, 0.3) is 0 Å². The van der Waals surface area contributed by atoms with E-state index < -0.39 is 11.9 Å². The van der Waals surface area contributed by atoms with Crippen molar-refractivity contribution in [3.8, 4) is 0 Å². The Balaban J connectivity index is 1.72. The summed E-state index contributed by atoms with van der Waals surface area (Å²) >= 11 is 0. The Morgan fingerprint density at radius 1 is 1.04 bits per heavy atom. The van der Waals surface area contributed by atoms with Crippen LogP contribution < -0.4 is 0 Å². The fourth-order valence-corrected chi connectivity index (χ4v) is 4.75. The molecule has 2 aliphatic rings. The third-order valence-electron chi connectivity index (χ3n) is 5.85. The van der Waals surface area contributed by atoms with Crippen molar-refractivity contribution < 1.29 is 14.7 Å². The number of aliphatic carboxylic acids is 1. The molecule has 2 saturated heterocycles. The largest absolute Gasteiger partial charge is 0.481 e. The van der Waals surface area contributed by atoms with E-state index in [9.17, 15) is 14.7 Å². The number of carbonyl (C=O) groups is 2. The lowest BCUT2D eigenvalue weighted by Gasteiger charge is -2.43. The summed E-state index contributed by atoms with van der Waals surface area (Å²) in [7, 11) is 0. The molecule has 0 aromatic heterocycles. The van der Waals surface area contributed by atoms with E-state index in [4.69, 9.17) is 0 Å². The van der Waals surface area contributed by atoms with Gasteiger partial charge in [0.25, 0.3) is 0 Å². The highest BCUT2D eigenvalue weighted by Gasteiger charge is 2.52. The number of nitrogens with zero attached hydrogens (tertiary/aromatic N) is 1. The van der Waals surface area contributed by atoms with Crippen molar-refractivity contribution in [2.75, 3.05) is 0 Å². The standard InChI is InChI=1S/C22H23NO3/c24-20-14-17-11-12-18(21(20)22(25)26)23(17)19(16-9-5-2-6-10-16)13-15-7-3-1-4-8-15/h1-10,17-19,21H,11-14H2,(H,25,26)/t17-,18+,19?,21?/m0/s1. The lowest BCUT2D eigenvalue weighted by Crippen LogP contribution is -2.53. The Hall–Kier alpha value is -2.46. The van der Waals surface area contributed by atoms with Crippen molar-refractivity contribution in [3.63, 3.8) is 0 Å². The van der Waals surface area contributed by atoms with Gasteiger partial charge in [0.05, 0.1) is 0 Å². The maximum Gasteiger partial charge on any atom is 0.315 e. The van der Waals surface area contributed by atoms with E-state index in [1.165, 1.54) is 11.1 Å². The van der Waals surface area contributed by atoms with E-state index in [-0.39, 0.29) is 23.9 Å². The Bertz CT molecular complexity index is 790. The molecule has 0 spiro atoms. The van der Waals surface area contributed by atoms with Gasteiger partial charge in [-0.3, -0.25) is 14.5 Å². The van der Waals surface area contributed by atoms with Crippen LogP contribution in [0.2, 0.25) is 0 Å². The molecule has 4 rings (SSSR count). The summed E-state index contributed by atoms with van der Waals surface area (Å²) in [5.74, 6) is -1.97. The SMILES string of the molecule is O=C(O)C1C(=O)C[C@@H]2CC[C@H]1N2C(Cc1ccccc1)c1ccccc1. The molecule has 4 heteroatoms. The zero-order chi connectivity index (χ0) is 18.1. The second kappa shape index (κ2) is 7.04. The Morgan fingerprint density at radius 2 is 1.69 bits per heavy atom. The van der Waals surface area contributed by atoms with Gasteiger partial charge in [0.2, 0.25) is 0 Å². The monoisotopic (exact) mass is 349 g/mol. The predicted molar refractivity (Wildman–Crippen MR) is 98.7 cm³/mol. The first-order chi connectivity index (χ1) is 12.6. The van der Waals surface area contributed by atoms with Crippen molar-refractivity contribution in [1.29, 1.82) is 0 Å². The summed E-state index contributed by atoms with van der Waals surface area (Å²) in [6, 6.07) is 20.6. The molecule has 134 valence electrons. The maximum absolute atomic E-state index is 12.4. The number of hydrogen-bond donors (Lipinski definition) is 1. The molecule has 2 heterocycles. The number of Topliss-reactive ketones (excluding diaryl/α,β-unsaturated/α-hetero) is 1. The Morgan fingerprint density at radius 3 is 2.35 bits per heavy atom. The zero-order valence-corrected chi connectivity index (χ0v) is 14.6. The lowest BCUT2D eigenvalue weighted by atomic mass is 9.85. The van der Waals surface area contributed by atoms with Crippen LogP contribution in [0.5, 0.6) is 0 Å². The molecule has 4 atom stereocenters. The first-order valence-corrected chi connectivity index (χ1v) is 9.27. The van der Waals surface area contributed by atoms with Gasteiger partial charge in [0, 0.05) is 24.5 Å². The molecular weight excluding hydrogens is 326 g/mol. The third kappa shape index (κ3) is 3.06. The molecule has 2 fully saturated rings. The summed E-state index contributed by atoms with van der Waals surface area (Å²) in [6.45, 7) is 0. The molecule has 26 heavy (non-hydrogen) atoms. The predicted octanol–water partition coefficient (Wildman–Crippen LogP) is 3.48. The summed E-state index contributed by atoms with van der Waals surface area (Å²) < 4.78 is 0. The van der Waals surface area contributed by atoms with Gasteiger partial charge in [-0.15, -0.1) is 0 Å². The summed E-state index contributed by atoms with van der Waals surface area (Å²) in [5, 5.41) is 9.64. The quantitative estimate of drug-likeness (QED) is 0.840. The number of fused-ring (bicyclic) bond motifs is 2. The molecule has 4 nitrogen and oxygen atoms in total. The van der Waals surface area contributed by atoms with Gasteiger partial charge in [-0.25, -0.2) is 0 Å². The van der Waals surface area contributed by atoms with Crippen molar-refractivity contribution in [3.05, 3.63) is 71.8 Å². The fraction of sp³-hybridized carbons (Fsp3) is 0.364. The van der Waals surface area contributed by atoms with Crippen molar-refractivity contribution >= 4 is 11.8 Å². The highest BCUT2D eigenvalue weighted by Crippen LogP contribution is 2.44. The summed E-state index contributed by atoms with van der Waals surface area (Å²) in [5.41, 5.74) is 2.41. The number of hydrogen-bond acceptors (Lipinski definition) is 3. The highest BCUT2D eigenvalue weighted by molar-refractivity contribution is 6.00. The zero-order valence-electron chi connectivity index (χ0n) is 14.6. The Kier molecular flexibility index (Phi) is 4.60. The number of benzene rings is 2. The average molecular weight is 349 g/mol. The van der Waals surface area contributed by atoms with E-state index in [2.05, 4.69) is 29.2 Å². The van der Waals surface area contributed by atoms with Crippen LogP contribution in [0.1, 0.15) is 36.4 Å². The molecule has 2 aromatic rings. The third-order valence-corrected chi connectivity index (χ3v) is 5.85. The molecule has 2 unspecified atom stereocenters. The Labute approximate surface area is 153 Å². The highest BCUT2D eigenvalue weighted by atomic mass is 16.4. The molecule has 1 N–H and O–H groups in total. The lowest BCUT2D eigenvalue weighted by molar-refractivity contribution is -0.152. The second-order valence-electron chi connectivity index (χ2n) is 7.35. The van der Waals surface area contributed by atoms with Crippen LogP contribution in [0.3, 0.4) is 0 Å². The molecule has 0 radical (unpaired) electrons. The van der Waals surface area contributed by atoms with Gasteiger partial charge in [-0.2, -0.15) is 0 Å². The van der Waals surface area contributed by atoms with E-state index in [0.717, 1.165) is 19.3 Å². The van der Waals surface area contributed by atoms with Crippen molar-refractivity contribution in [1.82, 2.24) is 4.90 Å². The number of ketones is 1. The number of rotatable bonds is 5. The van der Waals surface area contributed by atoms with Gasteiger partial charge in [0.1, 0.15) is 11.7 Å². The van der Waals surface area contributed by atoms with Crippen LogP contribution in [-0.4, -0.2) is 33.8 Å². The average Bonchev–Trinajstić information content (AvgIpc) is 2.95. The number of piperidine rings is 1. The van der Waals surface area contributed by atoms with Crippen molar-refractivity contribution in [2.45, 2.75) is 43.8 Å². The first kappa shape index (κ1) is 17.0. The van der Waals surface area contributed by atoms with Gasteiger partial charge in [-0.1, -0.05) is 60.7 Å². The van der Waals surface area contributed by atoms with Crippen LogP contribution in [0, 0.1) is 5.92 Å². The molecular formula is C22H23NO3. The number of carboxylic acids is 1. The van der Waals surface area contributed by atoms with Crippen LogP contribution >= 0.6 is 0 Å². The molecule has 2 bridgehead atoms. The smallest absolute Gasteiger partial charge is 0.315 e. The van der Waals surface area contributed by atoms with E-state index in [1.807, 2.05) is 36.4 Å². The minimum Gasteiger partial charge on any atom is -0.481 e. The summed E-state index contributed by atoms with van der Waals surface area (Å²) in [4.78, 5) is 26.5. The van der Waals surface area contributed by atoms with E-state index in [1.54, 1.807) is 0 Å². The molecule has 2 aliphatic heterocycles. The molecule has 0 amide bonds. The van der Waals surface area contributed by atoms with E-state index >= 15 is 0 Å². The number of carbonyl (C=O) groups excluding carboxylic acids is 1. The first-order valence-electron chi connectivity index (χ1n) is 9.27. The van der Waals surface area contributed by atoms with E-state index in [0.29, 0.717) is 6.42 Å². The van der Waals surface area contributed by atoms with Crippen LogP contribution in [0.15, 0.2) is 60.7 Å². The molecule has 2 aromatic carbocycles. The van der Waals surface area contributed by atoms with Crippen molar-refractivity contribution in [2.24, 2.45) is 5.92 Å². The molecule has 0 aliphatic carbocycles. The second-order valence-corrected chi connectivity index (χ2v) is 7.35.